The van der Waals surface area contributed by atoms with Crippen molar-refractivity contribution in [3.05, 3.63) is 53.3 Å². The van der Waals surface area contributed by atoms with Gasteiger partial charge in [0.05, 0.1) is 16.3 Å². The molecule has 0 saturated carbocycles. The number of carbonyl (C=O) groups is 1. The molecule has 0 fully saturated rings. The second-order valence-corrected chi connectivity index (χ2v) is 7.28. The monoisotopic (exact) mass is 387 g/mol. The zero-order valence-corrected chi connectivity index (χ0v) is 15.8. The minimum absolute atomic E-state index is 0.403. The maximum absolute atomic E-state index is 11.3. The summed E-state index contributed by atoms with van der Waals surface area (Å²) in [5.41, 5.74) is 4.85. The van der Waals surface area contributed by atoms with Gasteiger partial charge in [0, 0.05) is 24.6 Å². The van der Waals surface area contributed by atoms with Gasteiger partial charge in [0.1, 0.15) is 0 Å². The number of hydrogen-bond donors (Lipinski definition) is 3. The van der Waals surface area contributed by atoms with E-state index in [4.69, 9.17) is 5.21 Å². The van der Waals surface area contributed by atoms with Crippen molar-refractivity contribution in [2.75, 3.05) is 12.4 Å². The summed E-state index contributed by atoms with van der Waals surface area (Å²) < 4.78 is 0. The minimum Gasteiger partial charge on any atom is -0.365 e. The van der Waals surface area contributed by atoms with Crippen LogP contribution in [-0.2, 0) is 5.75 Å². The topological polar surface area (TPSA) is 100 Å². The van der Waals surface area contributed by atoms with Crippen LogP contribution in [0.25, 0.3) is 10.6 Å². The Morgan fingerprint density at radius 2 is 2.00 bits per heavy atom. The zero-order valence-electron chi connectivity index (χ0n) is 14.2. The highest BCUT2D eigenvalue weighted by molar-refractivity contribution is 7.98. The molecule has 2 heterocycles. The van der Waals surface area contributed by atoms with Gasteiger partial charge in [-0.25, -0.2) is 20.4 Å². The average molecular weight is 387 g/mol. The van der Waals surface area contributed by atoms with Crippen LogP contribution in [0.4, 0.5) is 5.13 Å². The summed E-state index contributed by atoms with van der Waals surface area (Å²) in [6.45, 7) is 1.96. The Hall–Kier alpha value is -2.49. The highest BCUT2D eigenvalue weighted by Crippen LogP contribution is 2.32. The Balaban J connectivity index is 1.71. The molecule has 1 aromatic carbocycles. The van der Waals surface area contributed by atoms with Crippen LogP contribution in [0.2, 0.25) is 0 Å². The molecule has 0 radical (unpaired) electrons. The number of aryl methyl sites for hydroxylation is 1. The molecule has 0 saturated heterocycles. The van der Waals surface area contributed by atoms with Crippen LogP contribution >= 0.6 is 23.1 Å². The number of thiazole rings is 1. The number of carbonyl (C=O) groups excluding carboxylic acids is 1. The lowest BCUT2D eigenvalue weighted by Gasteiger charge is -2.04. The van der Waals surface area contributed by atoms with E-state index in [9.17, 15) is 4.79 Å². The van der Waals surface area contributed by atoms with E-state index in [2.05, 4.69) is 20.3 Å². The fourth-order valence-corrected chi connectivity index (χ4v) is 3.92. The van der Waals surface area contributed by atoms with Gasteiger partial charge in [0.2, 0.25) is 0 Å². The van der Waals surface area contributed by atoms with E-state index < -0.39 is 5.91 Å². The second kappa shape index (κ2) is 8.26. The Morgan fingerprint density at radius 3 is 2.65 bits per heavy atom. The van der Waals surface area contributed by atoms with Gasteiger partial charge in [-0.15, -0.1) is 0 Å². The predicted octanol–water partition coefficient (Wildman–Crippen LogP) is 3.36. The molecule has 0 unspecified atom stereocenters. The summed E-state index contributed by atoms with van der Waals surface area (Å²) in [4.78, 5) is 25.7. The quantitative estimate of drug-likeness (QED) is 0.258. The summed E-state index contributed by atoms with van der Waals surface area (Å²) in [5, 5.41) is 13.2. The van der Waals surface area contributed by atoms with Gasteiger partial charge in [-0.3, -0.25) is 10.0 Å². The van der Waals surface area contributed by atoms with Crippen LogP contribution in [0, 0.1) is 6.92 Å². The summed E-state index contributed by atoms with van der Waals surface area (Å²) in [7, 11) is 1.85. The third kappa shape index (κ3) is 4.18. The Labute approximate surface area is 158 Å². The molecule has 134 valence electrons. The molecule has 3 aromatic rings. The van der Waals surface area contributed by atoms with Crippen molar-refractivity contribution in [1.29, 1.82) is 0 Å². The summed E-state index contributed by atoms with van der Waals surface area (Å²) >= 11 is 3.08. The summed E-state index contributed by atoms with van der Waals surface area (Å²) in [5.74, 6) is 0.148. The first-order chi connectivity index (χ1) is 12.6. The highest BCUT2D eigenvalue weighted by Gasteiger charge is 2.11. The van der Waals surface area contributed by atoms with Crippen molar-refractivity contribution in [3.63, 3.8) is 0 Å². The number of amides is 1. The predicted molar refractivity (Wildman–Crippen MR) is 103 cm³/mol. The van der Waals surface area contributed by atoms with Gasteiger partial charge in [-0.2, -0.15) is 0 Å². The molecule has 2 aromatic heterocycles. The molecular weight excluding hydrogens is 370 g/mol. The van der Waals surface area contributed by atoms with Crippen molar-refractivity contribution in [2.45, 2.75) is 17.8 Å². The number of nitrogens with one attached hydrogen (secondary N) is 2. The number of hydroxylamine groups is 1. The maximum atomic E-state index is 11.3. The van der Waals surface area contributed by atoms with Crippen molar-refractivity contribution in [3.8, 4) is 10.6 Å². The number of aromatic nitrogens is 3. The Bertz CT molecular complexity index is 912. The van der Waals surface area contributed by atoms with E-state index in [1.165, 1.54) is 11.8 Å². The number of thioether (sulfide) groups is 1. The molecular formula is C17H17N5O2S2. The lowest BCUT2D eigenvalue weighted by atomic mass is 10.1. The van der Waals surface area contributed by atoms with Crippen molar-refractivity contribution in [2.24, 2.45) is 0 Å². The lowest BCUT2D eigenvalue weighted by molar-refractivity contribution is 0.0706. The smallest absolute Gasteiger partial charge is 0.274 e. The van der Waals surface area contributed by atoms with Crippen molar-refractivity contribution < 1.29 is 10.0 Å². The van der Waals surface area contributed by atoms with E-state index >= 15 is 0 Å². The first-order valence-electron chi connectivity index (χ1n) is 7.75. The van der Waals surface area contributed by atoms with Gasteiger partial charge in [-0.05, 0) is 30.7 Å². The van der Waals surface area contributed by atoms with Gasteiger partial charge < -0.3 is 5.32 Å². The van der Waals surface area contributed by atoms with E-state index in [1.807, 2.05) is 32.2 Å². The number of hydrogen-bond acceptors (Lipinski definition) is 8. The first-order valence-corrected chi connectivity index (χ1v) is 9.55. The number of rotatable bonds is 6. The molecule has 3 N–H and O–H groups in total. The Kier molecular flexibility index (Phi) is 5.82. The average Bonchev–Trinajstić information content (AvgIpc) is 3.07. The SMILES string of the molecule is CNc1nc(C)c(-c2ccnc(SCc3ccc(C(=O)NO)cc3)n2)s1. The van der Waals surface area contributed by atoms with Crippen LogP contribution in [0.1, 0.15) is 21.6 Å². The van der Waals surface area contributed by atoms with E-state index in [-0.39, 0.29) is 0 Å². The zero-order chi connectivity index (χ0) is 18.5. The first kappa shape index (κ1) is 18.3. The van der Waals surface area contributed by atoms with Gasteiger partial charge in [-0.1, -0.05) is 35.2 Å². The van der Waals surface area contributed by atoms with Gasteiger partial charge in [0.25, 0.3) is 5.91 Å². The molecule has 26 heavy (non-hydrogen) atoms. The summed E-state index contributed by atoms with van der Waals surface area (Å²) in [6, 6.07) is 8.89. The van der Waals surface area contributed by atoms with Crippen LogP contribution in [-0.4, -0.2) is 33.1 Å². The standard InChI is InChI=1S/C17H17N5O2S2/c1-10-14(26-16(18-2)20-10)13-7-8-19-17(21-13)25-9-11-3-5-12(6-4-11)15(23)22-24/h3-8,24H,9H2,1-2H3,(H,18,20)(H,22,23). The molecule has 7 nitrogen and oxygen atoms in total. The third-order valence-electron chi connectivity index (χ3n) is 3.56. The van der Waals surface area contributed by atoms with Gasteiger partial charge >= 0.3 is 0 Å². The number of nitrogens with zero attached hydrogens (tertiary/aromatic N) is 3. The molecule has 0 spiro atoms. The van der Waals surface area contributed by atoms with E-state index in [0.717, 1.165) is 27.0 Å². The fourth-order valence-electron chi connectivity index (χ4n) is 2.24. The largest absolute Gasteiger partial charge is 0.365 e. The minimum atomic E-state index is -0.527. The Morgan fingerprint density at radius 1 is 1.23 bits per heavy atom. The molecule has 0 aliphatic carbocycles. The van der Waals surface area contributed by atoms with Crippen LogP contribution in [0.5, 0.6) is 0 Å². The van der Waals surface area contributed by atoms with Crippen LogP contribution in [0.15, 0.2) is 41.7 Å². The molecule has 9 heteroatoms. The molecule has 3 rings (SSSR count). The van der Waals surface area contributed by atoms with Crippen molar-refractivity contribution in [1.82, 2.24) is 20.4 Å². The van der Waals surface area contributed by atoms with Crippen molar-refractivity contribution >= 4 is 34.1 Å². The van der Waals surface area contributed by atoms with Gasteiger partial charge in [0.15, 0.2) is 10.3 Å². The number of benzene rings is 1. The van der Waals surface area contributed by atoms with E-state index in [0.29, 0.717) is 16.5 Å². The van der Waals surface area contributed by atoms with E-state index in [1.54, 1.807) is 35.1 Å². The molecule has 0 bridgehead atoms. The lowest BCUT2D eigenvalue weighted by Crippen LogP contribution is -2.18. The van der Waals surface area contributed by atoms with Crippen LogP contribution < -0.4 is 10.8 Å². The summed E-state index contributed by atoms with van der Waals surface area (Å²) in [6.07, 6.45) is 1.75. The maximum Gasteiger partial charge on any atom is 0.274 e. The molecule has 0 atom stereocenters. The molecule has 1 amide bonds. The number of anilines is 1. The highest BCUT2D eigenvalue weighted by atomic mass is 32.2. The molecule has 0 aliphatic heterocycles. The van der Waals surface area contributed by atoms with Crippen LogP contribution in [0.3, 0.4) is 0 Å². The molecule has 0 aliphatic rings. The normalized spacial score (nSPS) is 10.6. The second-order valence-electron chi connectivity index (χ2n) is 5.33. The third-order valence-corrected chi connectivity index (χ3v) is 5.69. The fraction of sp³-hybridized carbons (Fsp3) is 0.176.